The fourth-order valence-corrected chi connectivity index (χ4v) is 7.01. The van der Waals surface area contributed by atoms with E-state index in [1.54, 1.807) is 0 Å². The first-order valence-electron chi connectivity index (χ1n) is 15.9. The van der Waals surface area contributed by atoms with Crippen molar-refractivity contribution in [3.63, 3.8) is 0 Å². The van der Waals surface area contributed by atoms with Gasteiger partial charge >= 0.3 is 0 Å². The van der Waals surface area contributed by atoms with Crippen LogP contribution in [-0.4, -0.2) is 64.8 Å². The highest BCUT2D eigenvalue weighted by molar-refractivity contribution is 6.30. The zero-order chi connectivity index (χ0) is 29.5. The van der Waals surface area contributed by atoms with Gasteiger partial charge in [-0.2, -0.15) is 0 Å². The standard InChI is InChI=1S/C34H45ClN4O3/c1-2-3-13-32(40)39(28-11-5-4-6-12-28)29-18-19-38(23-29)34(42)31(20-24-14-16-27(35)17-15-24)37-33(41)30-21-25-9-7-8-10-26(25)22-36-30/h7-10,14-17,28-31,36H,2-6,11-13,18-23H2,1H3,(H,37,41)/t29-,30-,31-/m1/s1. The number of unbranched alkanes of at least 4 members (excludes halogenated alkanes) is 1. The summed E-state index contributed by atoms with van der Waals surface area (Å²) in [5.41, 5.74) is 3.30. The molecule has 3 aliphatic rings. The molecule has 8 heteroatoms. The van der Waals surface area contributed by atoms with E-state index in [-0.39, 0.29) is 29.8 Å². The SMILES string of the molecule is CCCCC(=O)N(C1CCCCC1)[C@@H]1CCN(C(=O)[C@@H](Cc2ccc(Cl)cc2)NC(=O)[C@H]2Cc3ccccc3CN2)C1. The number of hydrogen-bond acceptors (Lipinski definition) is 4. The van der Waals surface area contributed by atoms with Crippen molar-refractivity contribution < 1.29 is 14.4 Å². The molecule has 5 rings (SSSR count). The largest absolute Gasteiger partial charge is 0.343 e. The van der Waals surface area contributed by atoms with E-state index in [2.05, 4.69) is 34.6 Å². The second-order valence-electron chi connectivity index (χ2n) is 12.2. The molecule has 2 aliphatic heterocycles. The number of rotatable bonds is 10. The molecule has 0 spiro atoms. The van der Waals surface area contributed by atoms with Crippen LogP contribution in [0.25, 0.3) is 0 Å². The fourth-order valence-electron chi connectivity index (χ4n) is 6.88. The quantitative estimate of drug-likeness (QED) is 0.405. The fraction of sp³-hybridized carbons (Fsp3) is 0.559. The van der Waals surface area contributed by atoms with Crippen molar-refractivity contribution in [1.29, 1.82) is 0 Å². The summed E-state index contributed by atoms with van der Waals surface area (Å²) in [6, 6.07) is 14.8. The number of nitrogens with zero attached hydrogens (tertiary/aromatic N) is 2. The minimum absolute atomic E-state index is 0.0322. The number of carbonyl (C=O) groups excluding carboxylic acids is 3. The highest BCUT2D eigenvalue weighted by Crippen LogP contribution is 2.29. The molecule has 2 aromatic rings. The van der Waals surface area contributed by atoms with Gasteiger partial charge in [-0.15, -0.1) is 0 Å². The predicted molar refractivity (Wildman–Crippen MR) is 166 cm³/mol. The van der Waals surface area contributed by atoms with Gasteiger partial charge in [-0.25, -0.2) is 0 Å². The lowest BCUT2D eigenvalue weighted by Gasteiger charge is -2.39. The predicted octanol–water partition coefficient (Wildman–Crippen LogP) is 5.03. The molecule has 7 nitrogen and oxygen atoms in total. The first-order valence-corrected chi connectivity index (χ1v) is 16.3. The van der Waals surface area contributed by atoms with Crippen molar-refractivity contribution in [1.82, 2.24) is 20.4 Å². The van der Waals surface area contributed by atoms with Gasteiger partial charge in [0, 0.05) is 43.5 Å². The Balaban J connectivity index is 1.30. The number of hydrogen-bond donors (Lipinski definition) is 2. The average molecular weight is 593 g/mol. The van der Waals surface area contributed by atoms with Crippen LogP contribution in [-0.2, 0) is 33.8 Å². The molecule has 3 amide bonds. The van der Waals surface area contributed by atoms with Gasteiger partial charge in [-0.05, 0) is 60.9 Å². The summed E-state index contributed by atoms with van der Waals surface area (Å²) in [6.45, 7) is 3.86. The summed E-state index contributed by atoms with van der Waals surface area (Å²) in [5.74, 6) is -0.00882. The monoisotopic (exact) mass is 592 g/mol. The summed E-state index contributed by atoms with van der Waals surface area (Å²) >= 11 is 6.12. The van der Waals surface area contributed by atoms with Gasteiger partial charge in [0.1, 0.15) is 6.04 Å². The zero-order valence-electron chi connectivity index (χ0n) is 24.8. The van der Waals surface area contributed by atoms with Crippen molar-refractivity contribution in [2.45, 2.75) is 108 Å². The molecule has 2 heterocycles. The highest BCUT2D eigenvalue weighted by atomic mass is 35.5. The number of carbonyl (C=O) groups is 3. The molecule has 1 saturated carbocycles. The topological polar surface area (TPSA) is 81.8 Å². The molecule has 0 aromatic heterocycles. The van der Waals surface area contributed by atoms with Crippen LogP contribution in [0.4, 0.5) is 0 Å². The molecular formula is C34H45ClN4O3. The zero-order valence-corrected chi connectivity index (χ0v) is 25.6. The van der Waals surface area contributed by atoms with Gasteiger partial charge in [0.2, 0.25) is 17.7 Å². The maximum atomic E-state index is 14.1. The van der Waals surface area contributed by atoms with Crippen LogP contribution in [0.3, 0.4) is 0 Å². The van der Waals surface area contributed by atoms with Crippen LogP contribution >= 0.6 is 11.6 Å². The molecule has 3 atom stereocenters. The molecule has 1 aliphatic carbocycles. The van der Waals surface area contributed by atoms with Crippen LogP contribution in [0, 0.1) is 0 Å². The summed E-state index contributed by atoms with van der Waals surface area (Å²) in [5, 5.41) is 7.09. The van der Waals surface area contributed by atoms with Crippen LogP contribution in [0.5, 0.6) is 0 Å². The number of amides is 3. The van der Waals surface area contributed by atoms with E-state index >= 15 is 0 Å². The molecule has 226 valence electrons. The first kappa shape index (κ1) is 30.6. The van der Waals surface area contributed by atoms with Gasteiger partial charge in [0.15, 0.2) is 0 Å². The first-order chi connectivity index (χ1) is 20.4. The Morgan fingerprint density at radius 1 is 1.00 bits per heavy atom. The van der Waals surface area contributed by atoms with Gasteiger partial charge in [0.25, 0.3) is 0 Å². The molecule has 0 unspecified atom stereocenters. The average Bonchev–Trinajstić information content (AvgIpc) is 3.50. The number of likely N-dealkylation sites (tertiary alicyclic amines) is 1. The second-order valence-corrected chi connectivity index (χ2v) is 12.7. The van der Waals surface area contributed by atoms with Crippen molar-refractivity contribution in [2.75, 3.05) is 13.1 Å². The third-order valence-electron chi connectivity index (χ3n) is 9.23. The van der Waals surface area contributed by atoms with E-state index in [9.17, 15) is 14.4 Å². The van der Waals surface area contributed by atoms with Crippen LogP contribution < -0.4 is 10.6 Å². The van der Waals surface area contributed by atoms with E-state index in [0.29, 0.717) is 43.9 Å². The Morgan fingerprint density at radius 2 is 1.74 bits per heavy atom. The Hall–Kier alpha value is -2.90. The van der Waals surface area contributed by atoms with Gasteiger partial charge in [0.05, 0.1) is 12.1 Å². The molecule has 1 saturated heterocycles. The second kappa shape index (κ2) is 14.5. The minimum Gasteiger partial charge on any atom is -0.343 e. The third-order valence-corrected chi connectivity index (χ3v) is 9.49. The Morgan fingerprint density at radius 3 is 2.48 bits per heavy atom. The van der Waals surface area contributed by atoms with E-state index in [1.807, 2.05) is 41.3 Å². The maximum absolute atomic E-state index is 14.1. The number of benzene rings is 2. The molecule has 0 radical (unpaired) electrons. The van der Waals surface area contributed by atoms with Gasteiger partial charge < -0.3 is 20.4 Å². The summed E-state index contributed by atoms with van der Waals surface area (Å²) < 4.78 is 0. The van der Waals surface area contributed by atoms with E-state index in [4.69, 9.17) is 11.6 Å². The van der Waals surface area contributed by atoms with Crippen molar-refractivity contribution >= 4 is 29.3 Å². The lowest BCUT2D eigenvalue weighted by molar-refractivity contribution is -0.139. The number of halogens is 1. The lowest BCUT2D eigenvalue weighted by atomic mass is 9.92. The Kier molecular flexibility index (Phi) is 10.6. The third kappa shape index (κ3) is 7.54. The Bertz CT molecular complexity index is 1230. The van der Waals surface area contributed by atoms with Crippen molar-refractivity contribution in [2.24, 2.45) is 0 Å². The molecule has 42 heavy (non-hydrogen) atoms. The normalized spacial score (nSPS) is 21.4. The minimum atomic E-state index is -0.699. The maximum Gasteiger partial charge on any atom is 0.245 e. The molecule has 2 fully saturated rings. The van der Waals surface area contributed by atoms with E-state index < -0.39 is 12.1 Å². The summed E-state index contributed by atoms with van der Waals surface area (Å²) in [4.78, 5) is 45.1. The summed E-state index contributed by atoms with van der Waals surface area (Å²) in [6.07, 6.45) is 9.87. The lowest BCUT2D eigenvalue weighted by Crippen LogP contribution is -2.56. The smallest absolute Gasteiger partial charge is 0.245 e. The van der Waals surface area contributed by atoms with Crippen molar-refractivity contribution in [3.05, 3.63) is 70.2 Å². The number of fused-ring (bicyclic) bond motifs is 1. The van der Waals surface area contributed by atoms with E-state index in [1.165, 1.54) is 12.0 Å². The van der Waals surface area contributed by atoms with E-state index in [0.717, 1.165) is 56.1 Å². The van der Waals surface area contributed by atoms with Crippen LogP contribution in [0.15, 0.2) is 48.5 Å². The summed E-state index contributed by atoms with van der Waals surface area (Å²) in [7, 11) is 0. The highest BCUT2D eigenvalue weighted by Gasteiger charge is 2.39. The Labute approximate surface area is 255 Å². The van der Waals surface area contributed by atoms with Gasteiger partial charge in [-0.3, -0.25) is 14.4 Å². The van der Waals surface area contributed by atoms with Crippen LogP contribution in [0.2, 0.25) is 5.02 Å². The molecular weight excluding hydrogens is 548 g/mol. The van der Waals surface area contributed by atoms with Crippen molar-refractivity contribution in [3.8, 4) is 0 Å². The number of nitrogens with one attached hydrogen (secondary N) is 2. The van der Waals surface area contributed by atoms with Gasteiger partial charge in [-0.1, -0.05) is 80.6 Å². The molecule has 2 N–H and O–H groups in total. The molecule has 0 bridgehead atoms. The van der Waals surface area contributed by atoms with Crippen LogP contribution in [0.1, 0.15) is 81.4 Å². The molecule has 2 aromatic carbocycles.